The van der Waals surface area contributed by atoms with Gasteiger partial charge in [0.25, 0.3) is 5.91 Å². The molecule has 4 rings (SSSR count). The number of nitrogens with zero attached hydrogens (tertiary/aromatic N) is 4. The highest BCUT2D eigenvalue weighted by Crippen LogP contribution is 2.24. The zero-order chi connectivity index (χ0) is 21.3. The fraction of sp³-hybridized carbons (Fsp3) is 0.348. The molecule has 1 aromatic heterocycles. The molecule has 0 unspecified atom stereocenters. The van der Waals surface area contributed by atoms with Gasteiger partial charge in [-0.25, -0.2) is 0 Å². The van der Waals surface area contributed by atoms with Crippen molar-refractivity contribution < 1.29 is 4.79 Å². The number of aryl methyl sites for hydroxylation is 4. The molecule has 7 heteroatoms. The molecule has 1 fully saturated rings. The van der Waals surface area contributed by atoms with Crippen molar-refractivity contribution in [1.82, 2.24) is 20.3 Å². The SMILES string of the molecule is Cc1ccc(C)c(N2CCN(C(=O)c3n[nH]nc3Nc3ccc(C)c(C)c3)CC2)c1. The van der Waals surface area contributed by atoms with Gasteiger partial charge in [-0.2, -0.15) is 5.21 Å². The van der Waals surface area contributed by atoms with Crippen molar-refractivity contribution in [3.63, 3.8) is 0 Å². The van der Waals surface area contributed by atoms with E-state index < -0.39 is 0 Å². The number of H-pyrrole nitrogens is 1. The van der Waals surface area contributed by atoms with Crippen LogP contribution in [-0.4, -0.2) is 52.4 Å². The average molecular weight is 405 g/mol. The third-order valence-electron chi connectivity index (χ3n) is 5.79. The number of aromatic amines is 1. The second-order valence-electron chi connectivity index (χ2n) is 8.01. The van der Waals surface area contributed by atoms with Crippen molar-refractivity contribution in [2.45, 2.75) is 27.7 Å². The third kappa shape index (κ3) is 4.01. The zero-order valence-electron chi connectivity index (χ0n) is 18.0. The predicted molar refractivity (Wildman–Crippen MR) is 120 cm³/mol. The lowest BCUT2D eigenvalue weighted by Crippen LogP contribution is -2.49. The molecule has 0 bridgehead atoms. The van der Waals surface area contributed by atoms with Crippen LogP contribution in [0.1, 0.15) is 32.7 Å². The van der Waals surface area contributed by atoms with Gasteiger partial charge in [0.2, 0.25) is 0 Å². The van der Waals surface area contributed by atoms with Gasteiger partial charge in [0.15, 0.2) is 11.5 Å². The summed E-state index contributed by atoms with van der Waals surface area (Å²) < 4.78 is 0. The Labute approximate surface area is 177 Å². The Morgan fingerprint density at radius 3 is 2.37 bits per heavy atom. The lowest BCUT2D eigenvalue weighted by molar-refractivity contribution is 0.0742. The lowest BCUT2D eigenvalue weighted by atomic mass is 10.1. The largest absolute Gasteiger partial charge is 0.368 e. The van der Waals surface area contributed by atoms with Gasteiger partial charge in [-0.15, -0.1) is 10.2 Å². The van der Waals surface area contributed by atoms with Gasteiger partial charge in [0, 0.05) is 37.6 Å². The van der Waals surface area contributed by atoms with Gasteiger partial charge >= 0.3 is 0 Å². The lowest BCUT2D eigenvalue weighted by Gasteiger charge is -2.36. The molecule has 0 aliphatic carbocycles. The van der Waals surface area contributed by atoms with Crippen LogP contribution in [0.3, 0.4) is 0 Å². The molecule has 3 aromatic rings. The number of amides is 1. The molecule has 0 spiro atoms. The molecular formula is C23H28N6O. The molecule has 156 valence electrons. The van der Waals surface area contributed by atoms with Gasteiger partial charge in [0.05, 0.1) is 0 Å². The van der Waals surface area contributed by atoms with E-state index >= 15 is 0 Å². The average Bonchev–Trinajstić information content (AvgIpc) is 3.20. The number of aromatic nitrogens is 3. The van der Waals surface area contributed by atoms with E-state index in [4.69, 9.17) is 0 Å². The molecule has 0 radical (unpaired) electrons. The number of carbonyl (C=O) groups is 1. The van der Waals surface area contributed by atoms with Gasteiger partial charge in [-0.05, 0) is 68.1 Å². The Balaban J connectivity index is 1.44. The van der Waals surface area contributed by atoms with Gasteiger partial charge < -0.3 is 15.1 Å². The predicted octanol–water partition coefficient (Wildman–Crippen LogP) is 3.74. The first-order chi connectivity index (χ1) is 14.4. The summed E-state index contributed by atoms with van der Waals surface area (Å²) in [4.78, 5) is 17.3. The van der Waals surface area contributed by atoms with E-state index in [2.05, 4.69) is 71.5 Å². The van der Waals surface area contributed by atoms with Crippen molar-refractivity contribution in [2.75, 3.05) is 36.4 Å². The molecule has 7 nitrogen and oxygen atoms in total. The Hall–Kier alpha value is -3.35. The molecule has 0 saturated carbocycles. The summed E-state index contributed by atoms with van der Waals surface area (Å²) in [7, 11) is 0. The maximum Gasteiger partial charge on any atom is 0.278 e. The van der Waals surface area contributed by atoms with Crippen molar-refractivity contribution in [3.05, 3.63) is 64.3 Å². The fourth-order valence-electron chi connectivity index (χ4n) is 3.78. The number of hydrogen-bond donors (Lipinski definition) is 2. The van der Waals surface area contributed by atoms with Crippen LogP contribution in [0.5, 0.6) is 0 Å². The van der Waals surface area contributed by atoms with Gasteiger partial charge in [0.1, 0.15) is 0 Å². The quantitative estimate of drug-likeness (QED) is 0.693. The number of piperazine rings is 1. The minimum atomic E-state index is -0.101. The molecule has 2 aromatic carbocycles. The van der Waals surface area contributed by atoms with Crippen molar-refractivity contribution in [1.29, 1.82) is 0 Å². The van der Waals surface area contributed by atoms with E-state index in [1.807, 2.05) is 23.1 Å². The topological polar surface area (TPSA) is 77.2 Å². The summed E-state index contributed by atoms with van der Waals surface area (Å²) in [5.74, 6) is 0.357. The Bertz CT molecular complexity index is 1070. The highest BCUT2D eigenvalue weighted by Gasteiger charge is 2.27. The summed E-state index contributed by atoms with van der Waals surface area (Å²) in [6.45, 7) is 11.3. The van der Waals surface area contributed by atoms with Gasteiger partial charge in [-0.3, -0.25) is 4.79 Å². The zero-order valence-corrected chi connectivity index (χ0v) is 18.0. The second-order valence-corrected chi connectivity index (χ2v) is 8.01. The first-order valence-electron chi connectivity index (χ1n) is 10.3. The van der Waals surface area contributed by atoms with Crippen LogP contribution in [0.15, 0.2) is 36.4 Å². The van der Waals surface area contributed by atoms with Crippen molar-refractivity contribution in [2.24, 2.45) is 0 Å². The Morgan fingerprint density at radius 2 is 1.63 bits per heavy atom. The normalized spacial score (nSPS) is 14.1. The summed E-state index contributed by atoms with van der Waals surface area (Å²) in [5.41, 5.74) is 7.38. The minimum absolute atomic E-state index is 0.101. The summed E-state index contributed by atoms with van der Waals surface area (Å²) >= 11 is 0. The van der Waals surface area contributed by atoms with Gasteiger partial charge in [-0.1, -0.05) is 18.2 Å². The molecule has 1 amide bonds. The summed E-state index contributed by atoms with van der Waals surface area (Å²) in [6, 6.07) is 12.6. The van der Waals surface area contributed by atoms with Crippen LogP contribution in [0.2, 0.25) is 0 Å². The van der Waals surface area contributed by atoms with Crippen LogP contribution in [-0.2, 0) is 0 Å². The Morgan fingerprint density at radius 1 is 0.900 bits per heavy atom. The molecule has 1 aliphatic heterocycles. The number of rotatable bonds is 4. The number of anilines is 3. The van der Waals surface area contributed by atoms with Crippen LogP contribution < -0.4 is 10.2 Å². The number of benzene rings is 2. The van der Waals surface area contributed by atoms with Crippen LogP contribution in [0.4, 0.5) is 17.2 Å². The van der Waals surface area contributed by atoms with E-state index in [0.29, 0.717) is 24.6 Å². The molecule has 0 atom stereocenters. The van der Waals surface area contributed by atoms with Crippen molar-refractivity contribution >= 4 is 23.1 Å². The molecule has 30 heavy (non-hydrogen) atoms. The third-order valence-corrected chi connectivity index (χ3v) is 5.79. The summed E-state index contributed by atoms with van der Waals surface area (Å²) in [6.07, 6.45) is 0. The second kappa shape index (κ2) is 8.18. The minimum Gasteiger partial charge on any atom is -0.368 e. The molecular weight excluding hydrogens is 376 g/mol. The van der Waals surface area contributed by atoms with Crippen molar-refractivity contribution in [3.8, 4) is 0 Å². The van der Waals surface area contributed by atoms with E-state index in [9.17, 15) is 4.79 Å². The molecule has 1 saturated heterocycles. The maximum atomic E-state index is 13.1. The van der Waals surface area contributed by atoms with Crippen LogP contribution in [0.25, 0.3) is 0 Å². The van der Waals surface area contributed by atoms with E-state index in [1.165, 1.54) is 27.9 Å². The fourth-order valence-corrected chi connectivity index (χ4v) is 3.78. The Kier molecular flexibility index (Phi) is 5.44. The molecule has 2 N–H and O–H groups in total. The smallest absolute Gasteiger partial charge is 0.278 e. The first-order valence-corrected chi connectivity index (χ1v) is 10.3. The standard InChI is InChI=1S/C23H28N6O/c1-15-5-6-17(3)20(13-15)28-9-11-29(12-10-28)23(30)21-22(26-27-25-21)24-19-8-7-16(2)18(4)14-19/h5-8,13-14H,9-12H2,1-4H3,(H2,24,25,26,27). The van der Waals surface area contributed by atoms with E-state index in [0.717, 1.165) is 18.8 Å². The number of hydrogen-bond acceptors (Lipinski definition) is 5. The first kappa shape index (κ1) is 19.9. The van der Waals surface area contributed by atoms with E-state index in [1.54, 1.807) is 0 Å². The summed E-state index contributed by atoms with van der Waals surface area (Å²) in [5, 5.41) is 14.1. The highest BCUT2D eigenvalue weighted by atomic mass is 16.2. The maximum absolute atomic E-state index is 13.1. The van der Waals surface area contributed by atoms with E-state index in [-0.39, 0.29) is 5.91 Å². The van der Waals surface area contributed by atoms with Crippen LogP contribution in [0, 0.1) is 27.7 Å². The molecule has 1 aliphatic rings. The highest BCUT2D eigenvalue weighted by molar-refractivity contribution is 5.97. The monoisotopic (exact) mass is 404 g/mol. The number of carbonyl (C=O) groups excluding carboxylic acids is 1. The molecule has 2 heterocycles. The van der Waals surface area contributed by atoms with Crippen LogP contribution >= 0.6 is 0 Å². The number of nitrogens with one attached hydrogen (secondary N) is 2.